The molecule has 1 N–H and O–H groups in total. The van der Waals surface area contributed by atoms with E-state index < -0.39 is 5.97 Å². The summed E-state index contributed by atoms with van der Waals surface area (Å²) in [5.41, 5.74) is 4.26. The van der Waals surface area contributed by atoms with Gasteiger partial charge in [0.25, 0.3) is 0 Å². The van der Waals surface area contributed by atoms with E-state index in [1.807, 2.05) is 42.5 Å². The van der Waals surface area contributed by atoms with Crippen molar-refractivity contribution < 1.29 is 9.53 Å². The first-order chi connectivity index (χ1) is 11.2. The minimum Gasteiger partial charge on any atom is -0.466 e. The van der Waals surface area contributed by atoms with Crippen LogP contribution in [0, 0.1) is 0 Å². The van der Waals surface area contributed by atoms with E-state index in [2.05, 4.69) is 15.0 Å². The van der Waals surface area contributed by atoms with Crippen molar-refractivity contribution in [3.63, 3.8) is 0 Å². The fourth-order valence-corrected chi connectivity index (χ4v) is 2.58. The Morgan fingerprint density at radius 2 is 2.04 bits per heavy atom. The number of aliphatic imine (C=N–C) groups is 1. The summed E-state index contributed by atoms with van der Waals surface area (Å²) in [6, 6.07) is 15.4. The van der Waals surface area contributed by atoms with E-state index in [1.165, 1.54) is 13.2 Å². The molecular weight excluding hydrogens is 312 g/mol. The Morgan fingerprint density at radius 1 is 1.26 bits per heavy atom. The second-order valence-electron chi connectivity index (χ2n) is 5.04. The number of carbonyl (C=O) groups excluding carboxylic acids is 1. The molecule has 0 unspecified atom stereocenters. The number of carbonyl (C=O) groups is 1. The number of halogens is 1. The van der Waals surface area contributed by atoms with Crippen LogP contribution in [0.5, 0.6) is 0 Å². The molecule has 116 valence electrons. The quantitative estimate of drug-likeness (QED) is 0.677. The standard InChI is InChI=1S/C18H15ClN2O2/c1-23-17(22)10-14-11-20-18(12-5-3-2-4-6-12)15-9-13(19)7-8-16(15)21-14/h2-10,21H,11H2,1H3/b14-10-. The third kappa shape index (κ3) is 3.43. The van der Waals surface area contributed by atoms with Crippen LogP contribution >= 0.6 is 11.6 Å². The van der Waals surface area contributed by atoms with Crippen LogP contribution in [0.4, 0.5) is 5.69 Å². The number of benzodiazepines with no additional fused rings is 1. The monoisotopic (exact) mass is 326 g/mol. The second kappa shape index (κ2) is 6.67. The zero-order chi connectivity index (χ0) is 16.2. The molecule has 0 amide bonds. The van der Waals surface area contributed by atoms with Crippen molar-refractivity contribution in [1.82, 2.24) is 0 Å². The fourth-order valence-electron chi connectivity index (χ4n) is 2.41. The predicted octanol–water partition coefficient (Wildman–Crippen LogP) is 3.66. The first-order valence-electron chi connectivity index (χ1n) is 7.12. The Balaban J connectivity index is 2.11. The molecule has 0 aromatic heterocycles. The lowest BCUT2D eigenvalue weighted by atomic mass is 10.0. The maximum Gasteiger partial charge on any atom is 0.332 e. The van der Waals surface area contributed by atoms with E-state index in [0.717, 1.165) is 22.5 Å². The fraction of sp³-hybridized carbons (Fsp3) is 0.111. The van der Waals surface area contributed by atoms with Crippen molar-refractivity contribution in [2.24, 2.45) is 4.99 Å². The highest BCUT2D eigenvalue weighted by Gasteiger charge is 2.17. The number of fused-ring (bicyclic) bond motifs is 1. The van der Waals surface area contributed by atoms with Crippen LogP contribution < -0.4 is 5.32 Å². The van der Waals surface area contributed by atoms with Crippen molar-refractivity contribution in [1.29, 1.82) is 0 Å². The summed E-state index contributed by atoms with van der Waals surface area (Å²) in [4.78, 5) is 16.2. The molecule has 5 heteroatoms. The molecule has 2 aromatic rings. The van der Waals surface area contributed by atoms with Crippen LogP contribution in [-0.2, 0) is 9.53 Å². The molecule has 0 fully saturated rings. The van der Waals surface area contributed by atoms with Crippen molar-refractivity contribution >= 4 is 29.0 Å². The maximum absolute atomic E-state index is 11.5. The minimum atomic E-state index is -0.415. The lowest BCUT2D eigenvalue weighted by molar-refractivity contribution is -0.134. The Labute approximate surface area is 139 Å². The largest absolute Gasteiger partial charge is 0.466 e. The van der Waals surface area contributed by atoms with E-state index in [9.17, 15) is 4.79 Å². The Kier molecular flexibility index (Phi) is 4.44. The van der Waals surface area contributed by atoms with Gasteiger partial charge in [0.05, 0.1) is 19.4 Å². The lowest BCUT2D eigenvalue weighted by Gasteiger charge is -2.11. The minimum absolute atomic E-state index is 0.353. The van der Waals surface area contributed by atoms with Gasteiger partial charge < -0.3 is 10.1 Å². The van der Waals surface area contributed by atoms with Crippen molar-refractivity contribution in [2.45, 2.75) is 0 Å². The summed E-state index contributed by atoms with van der Waals surface area (Å²) >= 11 is 6.15. The average molecular weight is 327 g/mol. The van der Waals surface area contributed by atoms with Crippen LogP contribution in [0.1, 0.15) is 11.1 Å². The molecule has 0 atom stereocenters. The molecule has 0 aliphatic carbocycles. The van der Waals surface area contributed by atoms with Gasteiger partial charge in [-0.1, -0.05) is 41.9 Å². The summed E-state index contributed by atoms with van der Waals surface area (Å²) < 4.78 is 4.69. The highest BCUT2D eigenvalue weighted by atomic mass is 35.5. The van der Waals surface area contributed by atoms with Gasteiger partial charge in [-0.15, -0.1) is 0 Å². The molecule has 0 radical (unpaired) electrons. The second-order valence-corrected chi connectivity index (χ2v) is 5.47. The van der Waals surface area contributed by atoms with Crippen LogP contribution in [0.2, 0.25) is 5.02 Å². The molecule has 4 nitrogen and oxygen atoms in total. The highest BCUT2D eigenvalue weighted by Crippen LogP contribution is 2.27. The third-order valence-corrected chi connectivity index (χ3v) is 3.72. The van der Waals surface area contributed by atoms with Crippen LogP contribution in [-0.4, -0.2) is 25.3 Å². The molecule has 1 aliphatic heterocycles. The van der Waals surface area contributed by atoms with Crippen molar-refractivity contribution in [2.75, 3.05) is 19.0 Å². The zero-order valence-electron chi connectivity index (χ0n) is 12.5. The zero-order valence-corrected chi connectivity index (χ0v) is 13.3. The average Bonchev–Trinajstić information content (AvgIpc) is 2.74. The van der Waals surface area contributed by atoms with Crippen molar-refractivity contribution in [3.8, 4) is 0 Å². The first kappa shape index (κ1) is 15.3. The number of methoxy groups -OCH3 is 1. The summed E-state index contributed by atoms with van der Waals surface area (Å²) in [6.45, 7) is 0.353. The van der Waals surface area contributed by atoms with Gasteiger partial charge in [0, 0.05) is 33.6 Å². The number of benzene rings is 2. The predicted molar refractivity (Wildman–Crippen MR) is 92.1 cm³/mol. The molecule has 1 heterocycles. The van der Waals surface area contributed by atoms with Gasteiger partial charge in [-0.25, -0.2) is 4.79 Å². The molecule has 0 saturated carbocycles. The van der Waals surface area contributed by atoms with Gasteiger partial charge in [0.2, 0.25) is 0 Å². The van der Waals surface area contributed by atoms with Gasteiger partial charge >= 0.3 is 5.97 Å². The molecule has 0 bridgehead atoms. The highest BCUT2D eigenvalue weighted by molar-refractivity contribution is 6.31. The first-order valence-corrected chi connectivity index (χ1v) is 7.50. The summed E-state index contributed by atoms with van der Waals surface area (Å²) in [5, 5.41) is 3.87. The number of hydrogen-bond acceptors (Lipinski definition) is 4. The van der Waals surface area contributed by atoms with Gasteiger partial charge in [0.15, 0.2) is 0 Å². The van der Waals surface area contributed by atoms with Gasteiger partial charge in [-0.2, -0.15) is 0 Å². The van der Waals surface area contributed by atoms with Gasteiger partial charge in [0.1, 0.15) is 0 Å². The van der Waals surface area contributed by atoms with Gasteiger partial charge in [-0.3, -0.25) is 4.99 Å². The van der Waals surface area contributed by atoms with Crippen LogP contribution in [0.3, 0.4) is 0 Å². The molecule has 3 rings (SSSR count). The van der Waals surface area contributed by atoms with E-state index in [1.54, 1.807) is 6.07 Å². The molecule has 0 saturated heterocycles. The summed E-state index contributed by atoms with van der Waals surface area (Å²) in [7, 11) is 1.35. The third-order valence-electron chi connectivity index (χ3n) is 3.48. The normalized spacial score (nSPS) is 15.2. The maximum atomic E-state index is 11.5. The molecule has 23 heavy (non-hydrogen) atoms. The van der Waals surface area contributed by atoms with E-state index in [4.69, 9.17) is 11.6 Å². The molecular formula is C18H15ClN2O2. The number of esters is 1. The number of hydrogen-bond donors (Lipinski definition) is 1. The lowest BCUT2D eigenvalue weighted by Crippen LogP contribution is -2.07. The SMILES string of the molecule is COC(=O)/C=C1/CN=C(c2ccccc2)c2cc(Cl)ccc2N1. The van der Waals surface area contributed by atoms with Crippen LogP contribution in [0.15, 0.2) is 65.3 Å². The number of ether oxygens (including phenoxy) is 1. The number of nitrogens with zero attached hydrogens (tertiary/aromatic N) is 1. The van der Waals surface area contributed by atoms with E-state index in [0.29, 0.717) is 17.3 Å². The van der Waals surface area contributed by atoms with E-state index in [-0.39, 0.29) is 0 Å². The van der Waals surface area contributed by atoms with Crippen LogP contribution in [0.25, 0.3) is 0 Å². The number of anilines is 1. The molecule has 0 spiro atoms. The van der Waals surface area contributed by atoms with E-state index >= 15 is 0 Å². The Hall–Kier alpha value is -2.59. The van der Waals surface area contributed by atoms with Gasteiger partial charge in [-0.05, 0) is 18.2 Å². The number of rotatable bonds is 2. The molecule has 1 aliphatic rings. The Morgan fingerprint density at radius 3 is 2.78 bits per heavy atom. The topological polar surface area (TPSA) is 50.7 Å². The Bertz CT molecular complexity index is 798. The summed E-state index contributed by atoms with van der Waals surface area (Å²) in [6.07, 6.45) is 1.41. The molecule has 2 aromatic carbocycles. The smallest absolute Gasteiger partial charge is 0.332 e. The van der Waals surface area contributed by atoms with Crippen molar-refractivity contribution in [3.05, 3.63) is 76.5 Å². The summed E-state index contributed by atoms with van der Waals surface area (Å²) in [5.74, 6) is -0.415. The number of nitrogens with one attached hydrogen (secondary N) is 1.